The summed E-state index contributed by atoms with van der Waals surface area (Å²) in [5.74, 6) is 0.644. The monoisotopic (exact) mass is 300 g/mol. The third kappa shape index (κ3) is 2.58. The molecule has 92 valence electrons. The van der Waals surface area contributed by atoms with Crippen LogP contribution in [0.3, 0.4) is 0 Å². The standard InChI is InChI=1S/C11H13BrN2O3/c1-6-2-11(17-8-3-7(13)4-8)9(12)5-10(6)14(15)16/h2,5,7-8H,3-4,13H2,1H3. The van der Waals surface area contributed by atoms with Gasteiger partial charge in [0.25, 0.3) is 5.69 Å². The first-order chi connectivity index (χ1) is 7.97. The van der Waals surface area contributed by atoms with Gasteiger partial charge in [-0.1, -0.05) is 0 Å². The number of benzene rings is 1. The molecule has 1 aromatic carbocycles. The Morgan fingerprint density at radius 1 is 1.53 bits per heavy atom. The zero-order valence-corrected chi connectivity index (χ0v) is 10.9. The van der Waals surface area contributed by atoms with Crippen LogP contribution in [0.15, 0.2) is 16.6 Å². The first-order valence-corrected chi connectivity index (χ1v) is 6.13. The molecule has 0 radical (unpaired) electrons. The van der Waals surface area contributed by atoms with Crippen molar-refractivity contribution in [3.8, 4) is 5.75 Å². The van der Waals surface area contributed by atoms with Crippen LogP contribution in [0.5, 0.6) is 5.75 Å². The molecule has 2 rings (SSSR count). The topological polar surface area (TPSA) is 78.4 Å². The van der Waals surface area contributed by atoms with E-state index < -0.39 is 4.92 Å². The lowest BCUT2D eigenvalue weighted by Crippen LogP contribution is -2.43. The number of nitrogens with two attached hydrogens (primary N) is 1. The number of hydrogen-bond acceptors (Lipinski definition) is 4. The first kappa shape index (κ1) is 12.3. The van der Waals surface area contributed by atoms with Crippen LogP contribution in [0.25, 0.3) is 0 Å². The van der Waals surface area contributed by atoms with Gasteiger partial charge in [-0.05, 0) is 41.8 Å². The molecule has 0 spiro atoms. The van der Waals surface area contributed by atoms with Crippen molar-refractivity contribution in [1.82, 2.24) is 0 Å². The Kier molecular flexibility index (Phi) is 3.35. The number of nitro groups is 1. The van der Waals surface area contributed by atoms with Crippen molar-refractivity contribution < 1.29 is 9.66 Å². The first-order valence-electron chi connectivity index (χ1n) is 5.34. The van der Waals surface area contributed by atoms with Gasteiger partial charge in [0.1, 0.15) is 11.9 Å². The zero-order valence-electron chi connectivity index (χ0n) is 9.35. The summed E-state index contributed by atoms with van der Waals surface area (Å²) in [6.07, 6.45) is 1.80. The summed E-state index contributed by atoms with van der Waals surface area (Å²) in [7, 11) is 0. The van der Waals surface area contributed by atoms with E-state index in [2.05, 4.69) is 15.9 Å². The van der Waals surface area contributed by atoms with Crippen LogP contribution in [-0.2, 0) is 0 Å². The molecule has 0 amide bonds. The molecule has 0 bridgehead atoms. The van der Waals surface area contributed by atoms with Crippen molar-refractivity contribution in [3.63, 3.8) is 0 Å². The summed E-state index contributed by atoms with van der Waals surface area (Å²) < 4.78 is 6.32. The van der Waals surface area contributed by atoms with Gasteiger partial charge in [-0.25, -0.2) is 0 Å². The van der Waals surface area contributed by atoms with Crippen LogP contribution in [0.4, 0.5) is 5.69 Å². The minimum Gasteiger partial charge on any atom is -0.489 e. The van der Waals surface area contributed by atoms with Crippen LogP contribution >= 0.6 is 15.9 Å². The number of aryl methyl sites for hydroxylation is 1. The third-order valence-electron chi connectivity index (χ3n) is 2.87. The Morgan fingerprint density at radius 2 is 2.18 bits per heavy atom. The van der Waals surface area contributed by atoms with Crippen LogP contribution in [0.2, 0.25) is 0 Å². The SMILES string of the molecule is Cc1cc(OC2CC(N)C2)c(Br)cc1[N+](=O)[O-]. The van der Waals surface area contributed by atoms with Gasteiger partial charge in [0.15, 0.2) is 0 Å². The number of ether oxygens (including phenoxy) is 1. The molecule has 0 aromatic heterocycles. The summed E-state index contributed by atoms with van der Waals surface area (Å²) in [6, 6.07) is 3.38. The van der Waals surface area contributed by atoms with E-state index in [4.69, 9.17) is 10.5 Å². The minimum absolute atomic E-state index is 0.0922. The largest absolute Gasteiger partial charge is 0.489 e. The van der Waals surface area contributed by atoms with E-state index in [-0.39, 0.29) is 17.8 Å². The summed E-state index contributed by atoms with van der Waals surface area (Å²) in [5, 5.41) is 10.7. The van der Waals surface area contributed by atoms with Gasteiger partial charge in [-0.2, -0.15) is 0 Å². The van der Waals surface area contributed by atoms with Gasteiger partial charge in [0.2, 0.25) is 0 Å². The maximum Gasteiger partial charge on any atom is 0.273 e. The Morgan fingerprint density at radius 3 is 2.71 bits per heavy atom. The van der Waals surface area contributed by atoms with Gasteiger partial charge in [-0.15, -0.1) is 0 Å². The second-order valence-electron chi connectivity index (χ2n) is 4.30. The lowest BCUT2D eigenvalue weighted by molar-refractivity contribution is -0.385. The quantitative estimate of drug-likeness (QED) is 0.687. The van der Waals surface area contributed by atoms with E-state index in [1.807, 2.05) is 0 Å². The highest BCUT2D eigenvalue weighted by Gasteiger charge is 2.28. The number of nitro benzene ring substituents is 1. The average molecular weight is 301 g/mol. The smallest absolute Gasteiger partial charge is 0.273 e. The Hall–Kier alpha value is -1.14. The van der Waals surface area contributed by atoms with Gasteiger partial charge in [0.05, 0.1) is 9.40 Å². The van der Waals surface area contributed by atoms with E-state index in [0.717, 1.165) is 12.8 Å². The summed E-state index contributed by atoms with van der Waals surface area (Å²) in [6.45, 7) is 1.70. The molecule has 1 saturated carbocycles. The number of halogens is 1. The number of hydrogen-bond donors (Lipinski definition) is 1. The molecule has 0 aliphatic heterocycles. The molecule has 2 N–H and O–H groups in total. The highest BCUT2D eigenvalue weighted by Crippen LogP contribution is 2.35. The van der Waals surface area contributed by atoms with E-state index in [1.54, 1.807) is 13.0 Å². The Balaban J connectivity index is 2.18. The van der Waals surface area contributed by atoms with E-state index in [9.17, 15) is 10.1 Å². The van der Waals surface area contributed by atoms with Crippen molar-refractivity contribution in [2.24, 2.45) is 5.73 Å². The minimum atomic E-state index is -0.400. The number of nitrogens with zero attached hydrogens (tertiary/aromatic N) is 1. The van der Waals surface area contributed by atoms with Gasteiger partial charge in [-0.3, -0.25) is 10.1 Å². The zero-order chi connectivity index (χ0) is 12.6. The normalized spacial score (nSPS) is 23.0. The maximum absolute atomic E-state index is 10.7. The molecular formula is C11H13BrN2O3. The molecule has 0 saturated heterocycles. The van der Waals surface area contributed by atoms with E-state index in [1.165, 1.54) is 6.07 Å². The average Bonchev–Trinajstić information content (AvgIpc) is 2.20. The lowest BCUT2D eigenvalue weighted by atomic mass is 9.90. The van der Waals surface area contributed by atoms with Crippen molar-refractivity contribution in [2.45, 2.75) is 31.9 Å². The maximum atomic E-state index is 10.7. The van der Waals surface area contributed by atoms with Crippen LogP contribution < -0.4 is 10.5 Å². The highest BCUT2D eigenvalue weighted by atomic mass is 79.9. The predicted octanol–water partition coefficient (Wildman–Crippen LogP) is 2.53. The Bertz CT molecular complexity index is 458. The second-order valence-corrected chi connectivity index (χ2v) is 5.15. The van der Waals surface area contributed by atoms with E-state index >= 15 is 0 Å². The van der Waals surface area contributed by atoms with Crippen LogP contribution in [0.1, 0.15) is 18.4 Å². The molecular weight excluding hydrogens is 288 g/mol. The number of rotatable bonds is 3. The molecule has 1 aromatic rings. The molecule has 0 heterocycles. The fraction of sp³-hybridized carbons (Fsp3) is 0.455. The molecule has 6 heteroatoms. The van der Waals surface area contributed by atoms with E-state index in [0.29, 0.717) is 15.8 Å². The van der Waals surface area contributed by atoms with Gasteiger partial charge < -0.3 is 10.5 Å². The molecule has 1 aliphatic carbocycles. The lowest BCUT2D eigenvalue weighted by Gasteiger charge is -2.32. The molecule has 0 unspecified atom stereocenters. The summed E-state index contributed by atoms with van der Waals surface area (Å²) in [5.41, 5.74) is 6.36. The molecule has 5 nitrogen and oxygen atoms in total. The second kappa shape index (κ2) is 4.62. The molecule has 0 atom stereocenters. The highest BCUT2D eigenvalue weighted by molar-refractivity contribution is 9.10. The van der Waals surface area contributed by atoms with Crippen molar-refractivity contribution in [2.75, 3.05) is 0 Å². The summed E-state index contributed by atoms with van der Waals surface area (Å²) >= 11 is 3.29. The Labute approximate surface area is 107 Å². The summed E-state index contributed by atoms with van der Waals surface area (Å²) in [4.78, 5) is 10.3. The fourth-order valence-electron chi connectivity index (χ4n) is 1.81. The molecule has 1 fully saturated rings. The third-order valence-corrected chi connectivity index (χ3v) is 3.49. The van der Waals surface area contributed by atoms with Crippen molar-refractivity contribution in [1.29, 1.82) is 0 Å². The van der Waals surface area contributed by atoms with Crippen LogP contribution in [0, 0.1) is 17.0 Å². The van der Waals surface area contributed by atoms with Crippen molar-refractivity contribution >= 4 is 21.6 Å². The molecule has 1 aliphatic rings. The van der Waals surface area contributed by atoms with Gasteiger partial charge in [0, 0.05) is 17.7 Å². The van der Waals surface area contributed by atoms with Gasteiger partial charge >= 0.3 is 0 Å². The fourth-order valence-corrected chi connectivity index (χ4v) is 2.24. The predicted molar refractivity (Wildman–Crippen MR) is 67.2 cm³/mol. The van der Waals surface area contributed by atoms with Crippen LogP contribution in [-0.4, -0.2) is 17.1 Å². The van der Waals surface area contributed by atoms with Crippen molar-refractivity contribution in [3.05, 3.63) is 32.3 Å². The molecule has 17 heavy (non-hydrogen) atoms.